The quantitative estimate of drug-likeness (QED) is 0.848. The molecule has 1 aromatic rings. The normalized spacial score (nSPS) is 11.7. The fourth-order valence-corrected chi connectivity index (χ4v) is 1.90. The zero-order valence-electron chi connectivity index (χ0n) is 8.00. The third kappa shape index (κ3) is 2.73. The lowest BCUT2D eigenvalue weighted by molar-refractivity contribution is 0.297. The Balaban J connectivity index is 3.32. The zero-order chi connectivity index (χ0) is 11.6. The molecular weight excluding hydrogens is 226 g/mol. The summed E-state index contributed by atoms with van der Waals surface area (Å²) in [5.41, 5.74) is -0.0394. The van der Waals surface area contributed by atoms with Gasteiger partial charge in [-0.2, -0.15) is 0 Å². The van der Waals surface area contributed by atoms with Crippen molar-refractivity contribution in [2.75, 3.05) is 12.9 Å². The number of rotatable bonds is 3. The van der Waals surface area contributed by atoms with E-state index in [0.717, 1.165) is 12.3 Å². The van der Waals surface area contributed by atoms with Gasteiger partial charge >= 0.3 is 0 Å². The van der Waals surface area contributed by atoms with E-state index in [1.807, 2.05) is 0 Å². The molecule has 0 unspecified atom stereocenters. The Morgan fingerprint density at radius 1 is 1.27 bits per heavy atom. The largest absolute Gasteiger partial charge is 0.396 e. The van der Waals surface area contributed by atoms with Crippen molar-refractivity contribution in [3.05, 3.63) is 29.3 Å². The number of hydrogen-bond donors (Lipinski definition) is 1. The van der Waals surface area contributed by atoms with Crippen LogP contribution in [0.4, 0.5) is 8.78 Å². The van der Waals surface area contributed by atoms with Gasteiger partial charge < -0.3 is 5.11 Å². The predicted molar refractivity (Wildman–Crippen MR) is 50.3 cm³/mol. The molecule has 0 fully saturated rings. The van der Waals surface area contributed by atoms with Crippen LogP contribution in [0.15, 0.2) is 17.0 Å². The van der Waals surface area contributed by atoms with Crippen molar-refractivity contribution in [3.63, 3.8) is 0 Å². The van der Waals surface area contributed by atoms with Crippen molar-refractivity contribution >= 4 is 9.84 Å². The topological polar surface area (TPSA) is 54.4 Å². The fourth-order valence-electron chi connectivity index (χ4n) is 1.17. The highest BCUT2D eigenvalue weighted by Gasteiger charge is 2.17. The molecule has 0 aliphatic rings. The van der Waals surface area contributed by atoms with E-state index in [1.165, 1.54) is 0 Å². The van der Waals surface area contributed by atoms with E-state index < -0.39 is 26.4 Å². The maximum Gasteiger partial charge on any atom is 0.178 e. The second kappa shape index (κ2) is 4.24. The summed E-state index contributed by atoms with van der Waals surface area (Å²) in [6.07, 6.45) is 0.753. The first kappa shape index (κ1) is 12.1. The van der Waals surface area contributed by atoms with Crippen molar-refractivity contribution < 1.29 is 22.3 Å². The van der Waals surface area contributed by atoms with Gasteiger partial charge in [0.2, 0.25) is 0 Å². The minimum absolute atomic E-state index is 0.0394. The van der Waals surface area contributed by atoms with Gasteiger partial charge in [0.05, 0.1) is 0 Å². The molecule has 0 radical (unpaired) electrons. The van der Waals surface area contributed by atoms with Crippen molar-refractivity contribution in [3.8, 4) is 0 Å². The highest BCUT2D eigenvalue weighted by atomic mass is 32.2. The number of halogens is 2. The van der Waals surface area contributed by atoms with Crippen LogP contribution in [0.5, 0.6) is 0 Å². The molecule has 0 saturated heterocycles. The third-order valence-electron chi connectivity index (χ3n) is 1.88. The molecule has 0 spiro atoms. The van der Waals surface area contributed by atoms with E-state index in [9.17, 15) is 17.2 Å². The monoisotopic (exact) mass is 236 g/mol. The molecule has 84 valence electrons. The Hall–Kier alpha value is -1.01. The summed E-state index contributed by atoms with van der Waals surface area (Å²) in [6, 6.07) is 1.43. The second-order valence-electron chi connectivity index (χ2n) is 3.12. The first-order valence-electron chi connectivity index (χ1n) is 4.15. The third-order valence-corrected chi connectivity index (χ3v) is 2.99. The summed E-state index contributed by atoms with van der Waals surface area (Å²) < 4.78 is 48.5. The molecule has 6 heteroatoms. The summed E-state index contributed by atoms with van der Waals surface area (Å²) in [4.78, 5) is -0.665. The van der Waals surface area contributed by atoms with E-state index in [1.54, 1.807) is 0 Å². The van der Waals surface area contributed by atoms with Gasteiger partial charge in [0, 0.05) is 12.9 Å². The fraction of sp³-hybridized carbons (Fsp3) is 0.333. The zero-order valence-corrected chi connectivity index (χ0v) is 8.81. The Morgan fingerprint density at radius 2 is 1.87 bits per heavy atom. The molecular formula is C9H10F2O3S. The first-order valence-corrected chi connectivity index (χ1v) is 6.04. The van der Waals surface area contributed by atoms with Gasteiger partial charge in [-0.15, -0.1) is 0 Å². The molecule has 1 rings (SSSR count). The van der Waals surface area contributed by atoms with Crippen LogP contribution in [-0.2, 0) is 16.3 Å². The summed E-state index contributed by atoms with van der Waals surface area (Å²) in [6.45, 7) is -0.325. The lowest BCUT2D eigenvalue weighted by Gasteiger charge is -2.05. The first-order chi connectivity index (χ1) is 6.86. The second-order valence-corrected chi connectivity index (χ2v) is 5.10. The van der Waals surface area contributed by atoms with Crippen molar-refractivity contribution in [2.24, 2.45) is 0 Å². The summed E-state index contributed by atoms with van der Waals surface area (Å²) >= 11 is 0. The molecule has 3 nitrogen and oxygen atoms in total. The van der Waals surface area contributed by atoms with Crippen molar-refractivity contribution in [1.82, 2.24) is 0 Å². The Bertz CT molecular complexity index is 468. The van der Waals surface area contributed by atoms with Gasteiger partial charge in [-0.1, -0.05) is 0 Å². The summed E-state index contributed by atoms with van der Waals surface area (Å²) in [7, 11) is -3.77. The highest BCUT2D eigenvalue weighted by molar-refractivity contribution is 7.90. The van der Waals surface area contributed by atoms with Gasteiger partial charge in [0.25, 0.3) is 0 Å². The van der Waals surface area contributed by atoms with Crippen molar-refractivity contribution in [2.45, 2.75) is 11.3 Å². The average molecular weight is 236 g/mol. The van der Waals surface area contributed by atoms with Crippen LogP contribution >= 0.6 is 0 Å². The predicted octanol–water partition coefficient (Wildman–Crippen LogP) is 0.903. The molecule has 0 aromatic heterocycles. The molecule has 0 aliphatic heterocycles. The van der Waals surface area contributed by atoms with Gasteiger partial charge in [-0.25, -0.2) is 17.2 Å². The van der Waals surface area contributed by atoms with Crippen molar-refractivity contribution in [1.29, 1.82) is 0 Å². The molecule has 1 N–H and O–H groups in total. The molecule has 15 heavy (non-hydrogen) atoms. The van der Waals surface area contributed by atoms with Gasteiger partial charge in [0.1, 0.15) is 16.5 Å². The van der Waals surface area contributed by atoms with Crippen LogP contribution in [0, 0.1) is 11.6 Å². The maximum absolute atomic E-state index is 13.2. The average Bonchev–Trinajstić information content (AvgIpc) is 2.09. The van der Waals surface area contributed by atoms with Crippen LogP contribution in [0.2, 0.25) is 0 Å². The minimum atomic E-state index is -3.77. The van der Waals surface area contributed by atoms with Crippen LogP contribution in [0.25, 0.3) is 0 Å². The van der Waals surface area contributed by atoms with E-state index in [2.05, 4.69) is 0 Å². The lowest BCUT2D eigenvalue weighted by Crippen LogP contribution is -2.05. The van der Waals surface area contributed by atoms with Crippen LogP contribution in [0.1, 0.15) is 5.56 Å². The Kier molecular flexibility index (Phi) is 3.41. The molecule has 0 saturated carbocycles. The molecule has 1 aromatic carbocycles. The maximum atomic E-state index is 13.2. The minimum Gasteiger partial charge on any atom is -0.396 e. The van der Waals surface area contributed by atoms with E-state index >= 15 is 0 Å². The number of sulfone groups is 1. The molecule has 0 heterocycles. The van der Waals surface area contributed by atoms with E-state index in [0.29, 0.717) is 6.07 Å². The Morgan fingerprint density at radius 3 is 2.33 bits per heavy atom. The SMILES string of the molecule is CS(=O)(=O)c1cc(F)c(CCO)cc1F. The summed E-state index contributed by atoms with van der Waals surface area (Å²) in [5, 5.41) is 8.56. The van der Waals surface area contributed by atoms with Gasteiger partial charge in [-0.05, 0) is 24.1 Å². The molecule has 0 atom stereocenters. The lowest BCUT2D eigenvalue weighted by atomic mass is 10.1. The number of hydrogen-bond acceptors (Lipinski definition) is 3. The smallest absolute Gasteiger partial charge is 0.178 e. The molecule has 0 aliphatic carbocycles. The van der Waals surface area contributed by atoms with E-state index in [4.69, 9.17) is 5.11 Å². The van der Waals surface area contributed by atoms with Crippen LogP contribution < -0.4 is 0 Å². The summed E-state index contributed by atoms with van der Waals surface area (Å²) in [5.74, 6) is -1.83. The van der Waals surface area contributed by atoms with E-state index in [-0.39, 0.29) is 18.6 Å². The number of aliphatic hydroxyl groups is 1. The molecule has 0 bridgehead atoms. The molecule has 0 amide bonds. The van der Waals surface area contributed by atoms with Gasteiger partial charge in [0.15, 0.2) is 9.84 Å². The van der Waals surface area contributed by atoms with Crippen LogP contribution in [0.3, 0.4) is 0 Å². The van der Waals surface area contributed by atoms with Gasteiger partial charge in [-0.3, -0.25) is 0 Å². The van der Waals surface area contributed by atoms with Crippen LogP contribution in [-0.4, -0.2) is 26.4 Å². The standard InChI is InChI=1S/C9H10F2O3S/c1-15(13,14)9-5-7(10)6(2-3-12)4-8(9)11/h4-5,12H,2-3H2,1H3. The Labute approximate surface area is 86.3 Å². The highest BCUT2D eigenvalue weighted by Crippen LogP contribution is 2.19. The number of benzene rings is 1. The number of aliphatic hydroxyl groups excluding tert-OH is 1.